The van der Waals surface area contributed by atoms with Crippen molar-refractivity contribution in [2.24, 2.45) is 4.36 Å². The van der Waals surface area contributed by atoms with Gasteiger partial charge in [-0.05, 0) is 19.3 Å². The molecule has 1 aromatic rings. The van der Waals surface area contributed by atoms with Gasteiger partial charge in [0.2, 0.25) is 11.7 Å². The number of carbonyl (C=O) groups is 2. The minimum atomic E-state index is -2.66. The Morgan fingerprint density at radius 2 is 2.11 bits per heavy atom. The third kappa shape index (κ3) is 4.40. The Labute approximate surface area is 159 Å². The highest BCUT2D eigenvalue weighted by atomic mass is 32.2. The van der Waals surface area contributed by atoms with Crippen LogP contribution in [0.25, 0.3) is 0 Å². The summed E-state index contributed by atoms with van der Waals surface area (Å²) in [6, 6.07) is 1.59. The highest BCUT2D eigenvalue weighted by molar-refractivity contribution is 7.93. The zero-order valence-corrected chi connectivity index (χ0v) is 16.9. The van der Waals surface area contributed by atoms with Crippen LogP contribution in [0.1, 0.15) is 62.2 Å². The van der Waals surface area contributed by atoms with Crippen LogP contribution in [0.4, 0.5) is 0 Å². The lowest BCUT2D eigenvalue weighted by molar-refractivity contribution is -0.150. The van der Waals surface area contributed by atoms with Crippen LogP contribution in [0, 0.1) is 0 Å². The van der Waals surface area contributed by atoms with Crippen molar-refractivity contribution in [2.75, 3.05) is 31.2 Å². The fourth-order valence-electron chi connectivity index (χ4n) is 3.45. The molecule has 0 N–H and O–H groups in total. The maximum Gasteiger partial charge on any atom is 0.323 e. The van der Waals surface area contributed by atoms with Gasteiger partial charge in [0.05, 0.1) is 27.6 Å². The van der Waals surface area contributed by atoms with E-state index >= 15 is 0 Å². The number of nitrogens with zero attached hydrogens (tertiary/aromatic N) is 3. The molecule has 1 aromatic heterocycles. The van der Waals surface area contributed by atoms with Gasteiger partial charge in [-0.25, -0.2) is 4.21 Å². The van der Waals surface area contributed by atoms with Crippen molar-refractivity contribution < 1.29 is 23.1 Å². The topological polar surface area (TPSA) is 102 Å². The van der Waals surface area contributed by atoms with Gasteiger partial charge in [0.1, 0.15) is 0 Å². The van der Waals surface area contributed by atoms with Gasteiger partial charge in [0.25, 0.3) is 0 Å². The Kier molecular flexibility index (Phi) is 5.71. The Bertz CT molecular complexity index is 826. The van der Waals surface area contributed by atoms with Gasteiger partial charge in [-0.1, -0.05) is 19.0 Å². The number of hydrogen-bond donors (Lipinski definition) is 0. The SMILES string of the molecule is CCC(C)c1cc(C(=O)N=S2(=O)CCC3(CC2)CN(C(C)=O)CCO3)on1. The van der Waals surface area contributed by atoms with Crippen molar-refractivity contribution >= 4 is 21.5 Å². The molecule has 2 aliphatic rings. The van der Waals surface area contributed by atoms with Crippen molar-refractivity contribution in [1.29, 1.82) is 0 Å². The summed E-state index contributed by atoms with van der Waals surface area (Å²) >= 11 is 0. The molecule has 1 unspecified atom stereocenters. The maximum absolute atomic E-state index is 13.0. The van der Waals surface area contributed by atoms with E-state index in [-0.39, 0.29) is 29.1 Å². The summed E-state index contributed by atoms with van der Waals surface area (Å²) in [5.74, 6) is 0.170. The molecular weight excluding hydrogens is 370 g/mol. The summed E-state index contributed by atoms with van der Waals surface area (Å²) < 4.78 is 28.1. The van der Waals surface area contributed by atoms with Gasteiger partial charge in [-0.3, -0.25) is 9.59 Å². The summed E-state index contributed by atoms with van der Waals surface area (Å²) in [6.45, 7) is 7.14. The highest BCUT2D eigenvalue weighted by Crippen LogP contribution is 2.32. The van der Waals surface area contributed by atoms with Crippen molar-refractivity contribution in [1.82, 2.24) is 10.1 Å². The molecule has 2 fully saturated rings. The van der Waals surface area contributed by atoms with Crippen LogP contribution in [0.3, 0.4) is 0 Å². The quantitative estimate of drug-likeness (QED) is 0.775. The molecule has 9 heteroatoms. The summed E-state index contributed by atoms with van der Waals surface area (Å²) in [6.07, 6.45) is 1.91. The summed E-state index contributed by atoms with van der Waals surface area (Å²) in [4.78, 5) is 25.8. The second-order valence-electron chi connectivity index (χ2n) is 7.47. The first-order valence-electron chi connectivity index (χ1n) is 9.39. The van der Waals surface area contributed by atoms with E-state index in [2.05, 4.69) is 9.52 Å². The molecule has 8 nitrogen and oxygen atoms in total. The van der Waals surface area contributed by atoms with Crippen LogP contribution in [-0.2, 0) is 19.3 Å². The Morgan fingerprint density at radius 3 is 2.74 bits per heavy atom. The third-order valence-corrected chi connectivity index (χ3v) is 7.74. The van der Waals surface area contributed by atoms with Crippen LogP contribution in [0.15, 0.2) is 15.0 Å². The van der Waals surface area contributed by atoms with Crippen LogP contribution in [-0.4, -0.2) is 62.9 Å². The van der Waals surface area contributed by atoms with Crippen LogP contribution in [0.5, 0.6) is 0 Å². The zero-order chi connectivity index (χ0) is 19.7. The summed E-state index contributed by atoms with van der Waals surface area (Å²) in [5, 5.41) is 3.91. The Balaban J connectivity index is 1.69. The summed E-state index contributed by atoms with van der Waals surface area (Å²) in [5.41, 5.74) is 0.229. The van der Waals surface area contributed by atoms with Gasteiger partial charge in [-0.15, -0.1) is 0 Å². The minimum Gasteiger partial charge on any atom is -0.371 e. The van der Waals surface area contributed by atoms with Crippen LogP contribution < -0.4 is 0 Å². The second kappa shape index (κ2) is 7.71. The average Bonchev–Trinajstić information content (AvgIpc) is 3.15. The highest BCUT2D eigenvalue weighted by Gasteiger charge is 2.42. The van der Waals surface area contributed by atoms with Gasteiger partial charge in [0, 0.05) is 43.5 Å². The van der Waals surface area contributed by atoms with E-state index in [1.165, 1.54) is 0 Å². The molecular formula is C18H27N3O5S. The number of hydrogen-bond acceptors (Lipinski definition) is 6. The predicted molar refractivity (Wildman–Crippen MR) is 100 cm³/mol. The number of morpholine rings is 1. The second-order valence-corrected chi connectivity index (χ2v) is 10.0. The van der Waals surface area contributed by atoms with Crippen LogP contribution in [0.2, 0.25) is 0 Å². The zero-order valence-electron chi connectivity index (χ0n) is 16.1. The number of aromatic nitrogens is 1. The fraction of sp³-hybridized carbons (Fsp3) is 0.722. The molecule has 0 aromatic carbocycles. The largest absolute Gasteiger partial charge is 0.371 e. The predicted octanol–water partition coefficient (Wildman–Crippen LogP) is 2.21. The molecule has 3 rings (SSSR count). The molecule has 2 aliphatic heterocycles. The molecule has 150 valence electrons. The van der Waals surface area contributed by atoms with Crippen molar-refractivity contribution in [3.8, 4) is 0 Å². The van der Waals surface area contributed by atoms with Gasteiger partial charge in [0.15, 0.2) is 0 Å². The minimum absolute atomic E-state index is 0.0197. The molecule has 1 spiro atoms. The van der Waals surface area contributed by atoms with Crippen molar-refractivity contribution in [3.05, 3.63) is 17.5 Å². The van der Waals surface area contributed by atoms with Crippen molar-refractivity contribution in [2.45, 2.75) is 51.6 Å². The molecule has 1 atom stereocenters. The Hall–Kier alpha value is -1.74. The van der Waals surface area contributed by atoms with E-state index in [0.717, 1.165) is 6.42 Å². The molecule has 0 radical (unpaired) electrons. The van der Waals surface area contributed by atoms with Crippen LogP contribution >= 0.6 is 0 Å². The lowest BCUT2D eigenvalue weighted by atomic mass is 9.94. The van der Waals surface area contributed by atoms with Gasteiger partial charge in [-0.2, -0.15) is 4.36 Å². The molecule has 27 heavy (non-hydrogen) atoms. The Morgan fingerprint density at radius 1 is 1.41 bits per heavy atom. The van der Waals surface area contributed by atoms with E-state index < -0.39 is 21.2 Å². The molecule has 0 aliphatic carbocycles. The third-order valence-electron chi connectivity index (χ3n) is 5.55. The van der Waals surface area contributed by atoms with E-state index in [9.17, 15) is 13.8 Å². The van der Waals surface area contributed by atoms with E-state index in [4.69, 9.17) is 9.26 Å². The van der Waals surface area contributed by atoms with E-state index in [1.807, 2.05) is 13.8 Å². The monoisotopic (exact) mass is 397 g/mol. The molecule has 2 amide bonds. The lowest BCUT2D eigenvalue weighted by Crippen LogP contribution is -2.56. The van der Waals surface area contributed by atoms with Gasteiger partial charge < -0.3 is 14.2 Å². The number of carbonyl (C=O) groups excluding carboxylic acids is 2. The van der Waals surface area contributed by atoms with E-state index in [1.54, 1.807) is 17.9 Å². The summed E-state index contributed by atoms with van der Waals surface area (Å²) in [7, 11) is -2.66. The maximum atomic E-state index is 13.0. The molecule has 0 bridgehead atoms. The van der Waals surface area contributed by atoms with E-state index in [0.29, 0.717) is 38.2 Å². The molecule has 3 heterocycles. The first-order valence-corrected chi connectivity index (χ1v) is 11.2. The number of ether oxygens (including phenoxy) is 1. The fourth-order valence-corrected chi connectivity index (χ4v) is 5.61. The number of amides is 2. The van der Waals surface area contributed by atoms with Crippen molar-refractivity contribution in [3.63, 3.8) is 0 Å². The standard InChI is InChI=1S/C18H27N3O5S/c1-4-13(2)15-11-16(26-19-15)17(23)20-27(24)9-5-18(6-10-27)12-21(14(3)22)7-8-25-18/h11,13H,4-10,12H2,1-3H3. The average molecular weight is 397 g/mol. The normalized spacial score (nSPS) is 29.5. The number of rotatable bonds is 3. The lowest BCUT2D eigenvalue weighted by Gasteiger charge is -2.45. The molecule has 2 saturated heterocycles. The first kappa shape index (κ1) is 20.0. The smallest absolute Gasteiger partial charge is 0.323 e. The van der Waals surface area contributed by atoms with Gasteiger partial charge >= 0.3 is 5.91 Å². The molecule has 0 saturated carbocycles. The first-order chi connectivity index (χ1) is 12.8.